The van der Waals surface area contributed by atoms with E-state index in [1.807, 2.05) is 6.92 Å². The van der Waals surface area contributed by atoms with Crippen molar-refractivity contribution < 1.29 is 4.79 Å². The monoisotopic (exact) mass is 151 g/mol. The molecule has 0 amide bonds. The second kappa shape index (κ2) is 3.06. The molecule has 1 aliphatic rings. The topological polar surface area (TPSA) is 29.1 Å². The molecule has 1 N–H and O–H groups in total. The molecule has 1 atom stereocenters. The van der Waals surface area contributed by atoms with E-state index in [4.69, 9.17) is 6.42 Å². The average molecular weight is 151 g/mol. The van der Waals surface area contributed by atoms with Crippen LogP contribution in [0.25, 0.3) is 0 Å². The van der Waals surface area contributed by atoms with Crippen molar-refractivity contribution in [2.24, 2.45) is 0 Å². The van der Waals surface area contributed by atoms with Crippen molar-refractivity contribution in [2.75, 3.05) is 6.54 Å². The normalized spacial score (nSPS) is 29.8. The minimum absolute atomic E-state index is 0.150. The zero-order valence-corrected chi connectivity index (χ0v) is 6.81. The maximum Gasteiger partial charge on any atom is 0.164 e. The molecule has 60 valence electrons. The van der Waals surface area contributed by atoms with Crippen LogP contribution >= 0.6 is 0 Å². The fourth-order valence-electron chi connectivity index (χ4n) is 1.42. The Bertz CT molecular complexity index is 196. The minimum atomic E-state index is -0.327. The highest BCUT2D eigenvalue weighted by Gasteiger charge is 2.34. The van der Waals surface area contributed by atoms with Gasteiger partial charge in [0, 0.05) is 0 Å². The second-order valence-corrected chi connectivity index (χ2v) is 3.17. The highest BCUT2D eigenvalue weighted by atomic mass is 16.1. The maximum absolute atomic E-state index is 11.4. The molecule has 11 heavy (non-hydrogen) atoms. The second-order valence-electron chi connectivity index (χ2n) is 3.17. The van der Waals surface area contributed by atoms with Crippen LogP contribution in [0, 0.1) is 12.3 Å². The Balaban J connectivity index is 2.58. The summed E-state index contributed by atoms with van der Waals surface area (Å²) in [6.45, 7) is 2.87. The average Bonchev–Trinajstić information content (AvgIpc) is 2.38. The molecule has 1 heterocycles. The zero-order valence-electron chi connectivity index (χ0n) is 6.81. The summed E-state index contributed by atoms with van der Waals surface area (Å²) in [5, 5.41) is 3.17. The van der Waals surface area contributed by atoms with E-state index in [2.05, 4.69) is 11.2 Å². The first-order valence-electron chi connectivity index (χ1n) is 3.91. The van der Waals surface area contributed by atoms with Crippen LogP contribution in [0.15, 0.2) is 0 Å². The molecule has 0 aliphatic carbocycles. The first kappa shape index (κ1) is 8.29. The summed E-state index contributed by atoms with van der Waals surface area (Å²) in [6.07, 6.45) is 7.31. The molecular weight excluding hydrogens is 138 g/mol. The van der Waals surface area contributed by atoms with Crippen LogP contribution in [0.5, 0.6) is 0 Å². The molecule has 0 bridgehead atoms. The third kappa shape index (κ3) is 1.61. The number of rotatable bonds is 2. The van der Waals surface area contributed by atoms with Gasteiger partial charge in [-0.2, -0.15) is 0 Å². The fourth-order valence-corrected chi connectivity index (χ4v) is 1.42. The SMILES string of the molecule is C#CCC(=O)[C@@]1(C)CCCN1. The Morgan fingerprint density at radius 3 is 3.00 bits per heavy atom. The Morgan fingerprint density at radius 1 is 1.82 bits per heavy atom. The van der Waals surface area contributed by atoms with Gasteiger partial charge in [-0.1, -0.05) is 5.92 Å². The van der Waals surface area contributed by atoms with E-state index >= 15 is 0 Å². The lowest BCUT2D eigenvalue weighted by atomic mass is 9.93. The summed E-state index contributed by atoms with van der Waals surface area (Å²) in [5.41, 5.74) is -0.327. The number of ketones is 1. The van der Waals surface area contributed by atoms with Crippen LogP contribution in [-0.4, -0.2) is 17.9 Å². The van der Waals surface area contributed by atoms with Gasteiger partial charge in [0.25, 0.3) is 0 Å². The van der Waals surface area contributed by atoms with Gasteiger partial charge in [-0.15, -0.1) is 6.42 Å². The molecule has 1 saturated heterocycles. The third-order valence-electron chi connectivity index (χ3n) is 2.25. The summed E-state index contributed by atoms with van der Waals surface area (Å²) < 4.78 is 0. The Labute approximate surface area is 67.4 Å². The van der Waals surface area contributed by atoms with Crippen LogP contribution in [0.3, 0.4) is 0 Å². The lowest BCUT2D eigenvalue weighted by molar-refractivity contribution is -0.123. The van der Waals surface area contributed by atoms with Crippen LogP contribution in [0.4, 0.5) is 0 Å². The van der Waals surface area contributed by atoms with Gasteiger partial charge >= 0.3 is 0 Å². The lowest BCUT2D eigenvalue weighted by Gasteiger charge is -2.20. The molecule has 1 fully saturated rings. The Hall–Kier alpha value is -0.810. The molecule has 2 nitrogen and oxygen atoms in total. The first-order chi connectivity index (χ1) is 5.19. The number of Topliss-reactive ketones (excluding diaryl/α,β-unsaturated/α-hetero) is 1. The summed E-state index contributed by atoms with van der Waals surface area (Å²) in [5.74, 6) is 2.53. The van der Waals surface area contributed by atoms with E-state index in [0.29, 0.717) is 0 Å². The van der Waals surface area contributed by atoms with Crippen LogP contribution < -0.4 is 5.32 Å². The molecule has 0 unspecified atom stereocenters. The number of nitrogens with one attached hydrogen (secondary N) is 1. The van der Waals surface area contributed by atoms with Gasteiger partial charge in [0.2, 0.25) is 0 Å². The molecule has 2 heteroatoms. The summed E-state index contributed by atoms with van der Waals surface area (Å²) in [7, 11) is 0. The molecule has 0 spiro atoms. The molecular formula is C9H13NO. The molecule has 0 aromatic rings. The van der Waals surface area contributed by atoms with E-state index in [9.17, 15) is 4.79 Å². The highest BCUT2D eigenvalue weighted by molar-refractivity contribution is 5.90. The van der Waals surface area contributed by atoms with Gasteiger partial charge in [-0.25, -0.2) is 0 Å². The first-order valence-corrected chi connectivity index (χ1v) is 3.91. The molecule has 0 saturated carbocycles. The summed E-state index contributed by atoms with van der Waals surface area (Å²) in [6, 6.07) is 0. The molecule has 1 aliphatic heterocycles. The Kier molecular flexibility index (Phi) is 2.31. The largest absolute Gasteiger partial charge is 0.305 e. The van der Waals surface area contributed by atoms with Crippen molar-refractivity contribution in [3.63, 3.8) is 0 Å². The molecule has 0 aromatic heterocycles. The molecule has 0 aromatic carbocycles. The quantitative estimate of drug-likeness (QED) is 0.589. The van der Waals surface area contributed by atoms with Crippen LogP contribution in [0.1, 0.15) is 26.2 Å². The standard InChI is InChI=1S/C9H13NO/c1-3-5-8(11)9(2)6-4-7-10-9/h1,10H,4-7H2,2H3/t9-/m1/s1. The summed E-state index contributed by atoms with van der Waals surface area (Å²) in [4.78, 5) is 11.4. The van der Waals surface area contributed by atoms with E-state index in [1.54, 1.807) is 0 Å². The Morgan fingerprint density at radius 2 is 2.55 bits per heavy atom. The number of hydrogen-bond donors (Lipinski definition) is 1. The smallest absolute Gasteiger partial charge is 0.164 e. The number of carbonyl (C=O) groups is 1. The van der Waals surface area contributed by atoms with Crippen molar-refractivity contribution >= 4 is 5.78 Å². The van der Waals surface area contributed by atoms with Gasteiger partial charge in [-0.05, 0) is 26.3 Å². The maximum atomic E-state index is 11.4. The van der Waals surface area contributed by atoms with Gasteiger partial charge in [-0.3, -0.25) is 4.79 Å². The van der Waals surface area contributed by atoms with Crippen molar-refractivity contribution in [3.8, 4) is 12.3 Å². The third-order valence-corrected chi connectivity index (χ3v) is 2.25. The fraction of sp³-hybridized carbons (Fsp3) is 0.667. The van der Waals surface area contributed by atoms with Gasteiger partial charge in [0.05, 0.1) is 12.0 Å². The highest BCUT2D eigenvalue weighted by Crippen LogP contribution is 2.20. The number of carbonyl (C=O) groups excluding carboxylic acids is 1. The zero-order chi connectivity index (χ0) is 8.32. The van der Waals surface area contributed by atoms with E-state index in [-0.39, 0.29) is 17.7 Å². The predicted octanol–water partition coefficient (Wildman–Crippen LogP) is 0.721. The van der Waals surface area contributed by atoms with E-state index in [0.717, 1.165) is 19.4 Å². The van der Waals surface area contributed by atoms with Crippen molar-refractivity contribution in [1.29, 1.82) is 0 Å². The summed E-state index contributed by atoms with van der Waals surface area (Å²) >= 11 is 0. The van der Waals surface area contributed by atoms with E-state index in [1.165, 1.54) is 0 Å². The molecule has 1 rings (SSSR count). The minimum Gasteiger partial charge on any atom is -0.305 e. The number of terminal acetylenes is 1. The van der Waals surface area contributed by atoms with Crippen LogP contribution in [-0.2, 0) is 4.79 Å². The molecule has 0 radical (unpaired) electrons. The van der Waals surface area contributed by atoms with Crippen LogP contribution in [0.2, 0.25) is 0 Å². The number of hydrogen-bond acceptors (Lipinski definition) is 2. The van der Waals surface area contributed by atoms with Crippen molar-refractivity contribution in [3.05, 3.63) is 0 Å². The van der Waals surface area contributed by atoms with E-state index < -0.39 is 0 Å². The van der Waals surface area contributed by atoms with Gasteiger partial charge in [0.1, 0.15) is 0 Å². The lowest BCUT2D eigenvalue weighted by Crippen LogP contribution is -2.44. The van der Waals surface area contributed by atoms with Crippen molar-refractivity contribution in [1.82, 2.24) is 5.32 Å². The predicted molar refractivity (Wildman–Crippen MR) is 44.1 cm³/mol. The van der Waals surface area contributed by atoms with Crippen molar-refractivity contribution in [2.45, 2.75) is 31.7 Å². The van der Waals surface area contributed by atoms with Gasteiger partial charge in [0.15, 0.2) is 5.78 Å². The van der Waals surface area contributed by atoms with Gasteiger partial charge < -0.3 is 5.32 Å².